The minimum atomic E-state index is 0.358. The summed E-state index contributed by atoms with van der Waals surface area (Å²) in [7, 11) is 0. The average molecular weight is 340 g/mol. The summed E-state index contributed by atoms with van der Waals surface area (Å²) >= 11 is 0. The number of aldehydes is 1. The van der Waals surface area contributed by atoms with Gasteiger partial charge in [-0.15, -0.1) is 0 Å². The molecule has 0 amide bonds. The Balaban J connectivity index is 1.94. The van der Waals surface area contributed by atoms with E-state index >= 15 is 0 Å². The third kappa shape index (κ3) is 2.78. The molecule has 0 fully saturated rings. The van der Waals surface area contributed by atoms with Crippen LogP contribution in [0.3, 0.4) is 0 Å². The Morgan fingerprint density at radius 1 is 0.808 bits per heavy atom. The number of hydrogen-bond donors (Lipinski definition) is 1. The monoisotopic (exact) mass is 340 g/mol. The van der Waals surface area contributed by atoms with Gasteiger partial charge in [0.1, 0.15) is 0 Å². The van der Waals surface area contributed by atoms with Gasteiger partial charge in [-0.05, 0) is 41.5 Å². The van der Waals surface area contributed by atoms with Gasteiger partial charge in [0.05, 0.1) is 11.2 Å². The number of fused-ring (bicyclic) bond motifs is 1. The van der Waals surface area contributed by atoms with E-state index in [1.54, 1.807) is 24.3 Å². The van der Waals surface area contributed by atoms with Crippen molar-refractivity contribution in [2.24, 2.45) is 4.99 Å². The lowest BCUT2D eigenvalue weighted by molar-refractivity contribution is 0.112. The number of nitrogens with zero attached hydrogens (tertiary/aromatic N) is 2. The fourth-order valence-electron chi connectivity index (χ4n) is 3.03. The summed E-state index contributed by atoms with van der Waals surface area (Å²) in [6.45, 7) is 0. The maximum absolute atomic E-state index is 11.2. The highest BCUT2D eigenvalue weighted by atomic mass is 16.5. The van der Waals surface area contributed by atoms with Gasteiger partial charge in [0.2, 0.25) is 0 Å². The summed E-state index contributed by atoms with van der Waals surface area (Å²) < 4.78 is 1.06. The number of pyridine rings is 1. The smallest absolute Gasteiger partial charge is 0.169 e. The van der Waals surface area contributed by atoms with Crippen molar-refractivity contribution >= 4 is 22.9 Å². The summed E-state index contributed by atoms with van der Waals surface area (Å²) in [4.78, 5) is 15.6. The molecule has 1 aromatic heterocycles. The molecule has 4 heteroatoms. The molecular weight excluding hydrogens is 324 g/mol. The lowest BCUT2D eigenvalue weighted by Crippen LogP contribution is -2.18. The molecule has 0 aliphatic rings. The average Bonchev–Trinajstić information content (AvgIpc) is 2.71. The first-order valence-corrected chi connectivity index (χ1v) is 8.26. The molecule has 4 aromatic rings. The normalized spacial score (nSPS) is 11.6. The van der Waals surface area contributed by atoms with Crippen LogP contribution in [0.15, 0.2) is 89.9 Å². The first-order valence-electron chi connectivity index (χ1n) is 8.26. The van der Waals surface area contributed by atoms with E-state index in [1.807, 2.05) is 60.7 Å². The van der Waals surface area contributed by atoms with E-state index in [-0.39, 0.29) is 0 Å². The van der Waals surface area contributed by atoms with Crippen molar-refractivity contribution in [1.29, 1.82) is 0 Å². The van der Waals surface area contributed by atoms with Gasteiger partial charge in [-0.3, -0.25) is 4.79 Å². The molecule has 26 heavy (non-hydrogen) atoms. The summed E-state index contributed by atoms with van der Waals surface area (Å²) in [5.41, 5.74) is 4.11. The topological polar surface area (TPSA) is 54.6 Å². The number of aromatic nitrogens is 1. The molecule has 4 rings (SSSR count). The van der Waals surface area contributed by atoms with E-state index in [1.165, 1.54) is 0 Å². The quantitative estimate of drug-likeness (QED) is 0.438. The second kappa shape index (κ2) is 6.69. The second-order valence-corrected chi connectivity index (χ2v) is 5.90. The molecule has 0 atom stereocenters. The van der Waals surface area contributed by atoms with Crippen molar-refractivity contribution in [2.45, 2.75) is 0 Å². The molecule has 0 aliphatic carbocycles. The standard InChI is InChI=1S/C22H16N2O2/c25-15-17-9-4-5-11-20(17)23-22-14-13-19-18(16-7-2-1-3-8-16)10-6-12-21(19)24(22)26/h1-15,26H. The molecule has 126 valence electrons. The zero-order valence-corrected chi connectivity index (χ0v) is 13.9. The molecule has 0 unspecified atom stereocenters. The largest absolute Gasteiger partial charge is 0.426 e. The SMILES string of the molecule is O=Cc1ccccc1N=c1ccc2c(-c3ccccc3)cccc2n1O. The Hall–Kier alpha value is -3.66. The van der Waals surface area contributed by atoms with Crippen molar-refractivity contribution in [3.63, 3.8) is 0 Å². The summed E-state index contributed by atoms with van der Waals surface area (Å²) in [6.07, 6.45) is 0.759. The minimum absolute atomic E-state index is 0.358. The molecule has 3 aromatic carbocycles. The lowest BCUT2D eigenvalue weighted by atomic mass is 10.0. The van der Waals surface area contributed by atoms with Crippen LogP contribution < -0.4 is 5.49 Å². The Morgan fingerprint density at radius 2 is 1.58 bits per heavy atom. The number of rotatable bonds is 3. The highest BCUT2D eigenvalue weighted by Gasteiger charge is 2.07. The van der Waals surface area contributed by atoms with Crippen LogP contribution >= 0.6 is 0 Å². The van der Waals surface area contributed by atoms with Gasteiger partial charge < -0.3 is 5.21 Å². The van der Waals surface area contributed by atoms with Crippen LogP contribution in [0, 0.1) is 0 Å². The van der Waals surface area contributed by atoms with Gasteiger partial charge in [-0.2, -0.15) is 4.73 Å². The Labute approximate surface area is 150 Å². The molecule has 0 spiro atoms. The molecule has 0 aliphatic heterocycles. The molecule has 1 heterocycles. The van der Waals surface area contributed by atoms with E-state index in [2.05, 4.69) is 4.99 Å². The van der Waals surface area contributed by atoms with Gasteiger partial charge in [0, 0.05) is 10.9 Å². The molecule has 0 bridgehead atoms. The molecule has 0 saturated carbocycles. The van der Waals surface area contributed by atoms with Crippen molar-refractivity contribution < 1.29 is 10.0 Å². The van der Waals surface area contributed by atoms with Crippen LogP contribution in [0.1, 0.15) is 10.4 Å². The summed E-state index contributed by atoms with van der Waals surface area (Å²) in [6, 6.07) is 26.5. The third-order valence-corrected chi connectivity index (χ3v) is 4.31. The van der Waals surface area contributed by atoms with Crippen molar-refractivity contribution in [2.75, 3.05) is 0 Å². The van der Waals surface area contributed by atoms with Gasteiger partial charge in [0.25, 0.3) is 0 Å². The third-order valence-electron chi connectivity index (χ3n) is 4.31. The van der Waals surface area contributed by atoms with Crippen LogP contribution in [-0.2, 0) is 0 Å². The highest BCUT2D eigenvalue weighted by molar-refractivity contribution is 5.94. The van der Waals surface area contributed by atoms with E-state index in [0.717, 1.165) is 27.5 Å². The van der Waals surface area contributed by atoms with Gasteiger partial charge in [-0.25, -0.2) is 4.99 Å². The predicted molar refractivity (Wildman–Crippen MR) is 102 cm³/mol. The van der Waals surface area contributed by atoms with E-state index in [4.69, 9.17) is 0 Å². The summed E-state index contributed by atoms with van der Waals surface area (Å²) in [5.74, 6) is 0. The Bertz CT molecular complexity index is 1160. The van der Waals surface area contributed by atoms with Crippen molar-refractivity contribution in [3.05, 3.63) is 96.0 Å². The zero-order valence-electron chi connectivity index (χ0n) is 13.9. The highest BCUT2D eigenvalue weighted by Crippen LogP contribution is 2.27. The van der Waals surface area contributed by atoms with Gasteiger partial charge in [-0.1, -0.05) is 54.6 Å². The van der Waals surface area contributed by atoms with Gasteiger partial charge in [0.15, 0.2) is 11.8 Å². The van der Waals surface area contributed by atoms with E-state index in [9.17, 15) is 10.0 Å². The first kappa shape index (κ1) is 15.8. The van der Waals surface area contributed by atoms with Gasteiger partial charge >= 0.3 is 0 Å². The lowest BCUT2D eigenvalue weighted by Gasteiger charge is -2.10. The Morgan fingerprint density at radius 3 is 2.38 bits per heavy atom. The van der Waals surface area contributed by atoms with Crippen LogP contribution in [-0.4, -0.2) is 16.2 Å². The fourth-order valence-corrected chi connectivity index (χ4v) is 3.03. The van der Waals surface area contributed by atoms with E-state index < -0.39 is 0 Å². The maximum Gasteiger partial charge on any atom is 0.169 e. The summed E-state index contributed by atoms with van der Waals surface area (Å²) in [5, 5.41) is 11.6. The van der Waals surface area contributed by atoms with Crippen LogP contribution in [0.2, 0.25) is 0 Å². The number of para-hydroxylation sites is 1. The van der Waals surface area contributed by atoms with Crippen LogP contribution in [0.5, 0.6) is 0 Å². The fraction of sp³-hybridized carbons (Fsp3) is 0. The molecule has 0 saturated heterocycles. The van der Waals surface area contributed by atoms with Crippen LogP contribution in [0.4, 0.5) is 5.69 Å². The van der Waals surface area contributed by atoms with Crippen LogP contribution in [0.25, 0.3) is 22.0 Å². The zero-order chi connectivity index (χ0) is 17.9. The number of carbonyl (C=O) groups is 1. The predicted octanol–water partition coefficient (Wildman–Crippen LogP) is 4.59. The number of hydrogen-bond acceptors (Lipinski definition) is 3. The van der Waals surface area contributed by atoms with Crippen molar-refractivity contribution in [1.82, 2.24) is 4.73 Å². The number of carbonyl (C=O) groups excluding carboxylic acids is 1. The molecule has 4 nitrogen and oxygen atoms in total. The van der Waals surface area contributed by atoms with Crippen molar-refractivity contribution in [3.8, 4) is 11.1 Å². The minimum Gasteiger partial charge on any atom is -0.426 e. The molecule has 0 radical (unpaired) electrons. The van der Waals surface area contributed by atoms with E-state index in [0.29, 0.717) is 22.3 Å². The Kier molecular flexibility index (Phi) is 4.07. The maximum atomic E-state index is 11.2. The molecular formula is C22H16N2O2. The molecule has 1 N–H and O–H groups in total. The first-order chi connectivity index (χ1) is 12.8. The number of benzene rings is 3. The second-order valence-electron chi connectivity index (χ2n) is 5.90.